The molecule has 2 aromatic heterocycles. The summed E-state index contributed by atoms with van der Waals surface area (Å²) in [5, 5.41) is 7.36. The van der Waals surface area contributed by atoms with E-state index in [9.17, 15) is 17.4 Å². The molecular weight excluding hydrogens is 565 g/mol. The van der Waals surface area contributed by atoms with E-state index >= 15 is 0 Å². The van der Waals surface area contributed by atoms with Crippen LogP contribution < -0.4 is 5.32 Å². The van der Waals surface area contributed by atoms with Gasteiger partial charge in [-0.15, -0.1) is 3.77 Å². The van der Waals surface area contributed by atoms with Crippen LogP contribution in [-0.4, -0.2) is 45.8 Å². The lowest BCUT2D eigenvalue weighted by atomic mass is 10.2. The molecular formula is C18H16BrCl2N5O4S2. The number of sulfonamides is 1. The molecule has 1 aromatic carbocycles. The number of hydrogen-bond donors (Lipinski definition) is 1. The predicted octanol–water partition coefficient (Wildman–Crippen LogP) is 4.31. The Balaban J connectivity index is 2.15. The van der Waals surface area contributed by atoms with Crippen molar-refractivity contribution in [2.45, 2.75) is 11.8 Å². The van der Waals surface area contributed by atoms with Crippen molar-refractivity contribution in [3.05, 3.63) is 62.4 Å². The smallest absolute Gasteiger partial charge is 0.274 e. The number of anilines is 1. The SMILES string of the molecule is Cc1cc(Cl)cc(S(C)(=O)=NS(C)(=O)=O)c1NC(=O)c1cc(Br)nn1-c1ncccc1Cl. The van der Waals surface area contributed by atoms with Crippen LogP contribution in [0.4, 0.5) is 5.69 Å². The Labute approximate surface area is 203 Å². The normalized spacial score (nSPS) is 13.4. The highest BCUT2D eigenvalue weighted by Crippen LogP contribution is 2.32. The lowest BCUT2D eigenvalue weighted by Gasteiger charge is -2.16. The largest absolute Gasteiger partial charge is 0.319 e. The monoisotopic (exact) mass is 579 g/mol. The van der Waals surface area contributed by atoms with E-state index in [2.05, 4.69) is 35.1 Å². The summed E-state index contributed by atoms with van der Waals surface area (Å²) in [5.74, 6) is -0.407. The van der Waals surface area contributed by atoms with Crippen LogP contribution in [0.2, 0.25) is 10.0 Å². The molecule has 1 amide bonds. The maximum absolute atomic E-state index is 13.2. The van der Waals surface area contributed by atoms with Gasteiger partial charge in [-0.2, -0.15) is 5.10 Å². The van der Waals surface area contributed by atoms with E-state index in [1.54, 1.807) is 25.1 Å². The molecule has 0 aliphatic carbocycles. The second-order valence-electron chi connectivity index (χ2n) is 6.73. The maximum Gasteiger partial charge on any atom is 0.274 e. The standard InChI is InChI=1S/C18H16BrCl2N5O4S2/c1-10-7-11(20)8-14(31(2,28)25-32(3,29)30)16(10)23-18(27)13-9-15(19)24-26(13)17-12(21)5-4-6-22-17/h4-9H,1-3H3,(H,23,27). The van der Waals surface area contributed by atoms with Gasteiger partial charge in [-0.05, 0) is 52.7 Å². The zero-order valence-corrected chi connectivity index (χ0v) is 21.6. The molecule has 9 nitrogen and oxygen atoms in total. The van der Waals surface area contributed by atoms with Gasteiger partial charge in [0.1, 0.15) is 10.3 Å². The maximum atomic E-state index is 13.2. The third kappa shape index (κ3) is 5.49. The Morgan fingerprint density at radius 2 is 1.88 bits per heavy atom. The second-order valence-corrected chi connectivity index (χ2v) is 12.5. The molecule has 2 heterocycles. The van der Waals surface area contributed by atoms with Crippen LogP contribution in [0.25, 0.3) is 5.82 Å². The molecule has 0 bridgehead atoms. The number of carbonyl (C=O) groups is 1. The van der Waals surface area contributed by atoms with Gasteiger partial charge >= 0.3 is 0 Å². The number of hydrogen-bond acceptors (Lipinski definition) is 6. The fourth-order valence-electron chi connectivity index (χ4n) is 2.86. The molecule has 3 rings (SSSR count). The zero-order chi connectivity index (χ0) is 23.8. The number of amides is 1. The summed E-state index contributed by atoms with van der Waals surface area (Å²) in [6.45, 7) is 1.63. The van der Waals surface area contributed by atoms with Crippen molar-refractivity contribution < 1.29 is 17.4 Å². The average molecular weight is 581 g/mol. The summed E-state index contributed by atoms with van der Waals surface area (Å²) >= 11 is 15.5. The first-order valence-corrected chi connectivity index (χ1v) is 14.0. The van der Waals surface area contributed by atoms with E-state index in [-0.39, 0.29) is 32.1 Å². The minimum atomic E-state index is -3.95. The Kier molecular flexibility index (Phi) is 7.01. The van der Waals surface area contributed by atoms with Gasteiger partial charge in [0, 0.05) is 23.5 Å². The molecule has 0 spiro atoms. The zero-order valence-electron chi connectivity index (χ0n) is 16.8. The molecule has 1 unspecified atom stereocenters. The molecule has 0 aliphatic rings. The highest BCUT2D eigenvalue weighted by Gasteiger charge is 2.23. The summed E-state index contributed by atoms with van der Waals surface area (Å²) in [7, 11) is -7.41. The molecule has 0 saturated carbocycles. The van der Waals surface area contributed by atoms with Crippen molar-refractivity contribution in [3.8, 4) is 5.82 Å². The van der Waals surface area contributed by atoms with E-state index in [1.807, 2.05) is 0 Å². The van der Waals surface area contributed by atoms with Gasteiger partial charge in [0.2, 0.25) is 0 Å². The van der Waals surface area contributed by atoms with Crippen LogP contribution in [0.3, 0.4) is 0 Å². The van der Waals surface area contributed by atoms with Crippen LogP contribution in [0.15, 0.2) is 49.8 Å². The average Bonchev–Trinajstić information content (AvgIpc) is 3.03. The van der Waals surface area contributed by atoms with Crippen molar-refractivity contribution in [3.63, 3.8) is 0 Å². The Hall–Kier alpha value is -1.99. The molecule has 0 fully saturated rings. The van der Waals surface area contributed by atoms with Crippen LogP contribution in [0.5, 0.6) is 0 Å². The van der Waals surface area contributed by atoms with Crippen LogP contribution >= 0.6 is 39.1 Å². The number of aromatic nitrogens is 3. The number of rotatable bonds is 5. The molecule has 1 N–H and O–H groups in total. The number of pyridine rings is 1. The van der Waals surface area contributed by atoms with E-state index < -0.39 is 25.7 Å². The van der Waals surface area contributed by atoms with Gasteiger partial charge in [-0.25, -0.2) is 22.3 Å². The number of aryl methyl sites for hydroxylation is 1. The predicted molar refractivity (Wildman–Crippen MR) is 128 cm³/mol. The van der Waals surface area contributed by atoms with Crippen molar-refractivity contribution in [2.24, 2.45) is 3.77 Å². The fraction of sp³-hybridized carbons (Fsp3) is 0.167. The minimum Gasteiger partial charge on any atom is -0.319 e. The fourth-order valence-corrected chi connectivity index (χ4v) is 7.10. The van der Waals surface area contributed by atoms with Crippen LogP contribution in [0, 0.1) is 6.92 Å². The summed E-state index contributed by atoms with van der Waals surface area (Å²) in [5.41, 5.74) is 0.649. The topological polar surface area (TPSA) is 123 Å². The third-order valence-electron chi connectivity index (χ3n) is 4.04. The number of nitrogens with zero attached hydrogens (tertiary/aromatic N) is 4. The first kappa shape index (κ1) is 24.6. The molecule has 14 heteroatoms. The summed E-state index contributed by atoms with van der Waals surface area (Å²) in [4.78, 5) is 17.3. The van der Waals surface area contributed by atoms with Crippen molar-refractivity contribution in [1.29, 1.82) is 0 Å². The number of nitrogens with one attached hydrogen (secondary N) is 1. The molecule has 0 saturated heterocycles. The second kappa shape index (κ2) is 9.10. The van der Waals surface area contributed by atoms with Crippen molar-refractivity contribution >= 4 is 70.5 Å². The van der Waals surface area contributed by atoms with E-state index in [4.69, 9.17) is 23.2 Å². The van der Waals surface area contributed by atoms with Crippen molar-refractivity contribution in [2.75, 3.05) is 17.8 Å². The number of carbonyl (C=O) groups excluding carboxylic acids is 1. The number of halogens is 3. The highest BCUT2D eigenvalue weighted by molar-refractivity contribution is 9.10. The van der Waals surface area contributed by atoms with E-state index in [1.165, 1.54) is 23.0 Å². The summed E-state index contributed by atoms with van der Waals surface area (Å²) in [6, 6.07) is 7.54. The van der Waals surface area contributed by atoms with Crippen LogP contribution in [-0.2, 0) is 19.8 Å². The minimum absolute atomic E-state index is 0.0257. The van der Waals surface area contributed by atoms with Gasteiger partial charge in [0.05, 0.1) is 31.6 Å². The quantitative estimate of drug-likeness (QED) is 0.479. The first-order valence-electron chi connectivity index (χ1n) is 8.70. The van der Waals surface area contributed by atoms with Gasteiger partial charge in [-0.1, -0.05) is 23.2 Å². The Bertz CT molecular complexity index is 1460. The molecule has 32 heavy (non-hydrogen) atoms. The van der Waals surface area contributed by atoms with Crippen LogP contribution in [0.1, 0.15) is 16.1 Å². The van der Waals surface area contributed by atoms with Crippen molar-refractivity contribution in [1.82, 2.24) is 14.8 Å². The molecule has 0 aliphatic heterocycles. The van der Waals surface area contributed by atoms with Gasteiger partial charge < -0.3 is 5.32 Å². The molecule has 0 radical (unpaired) electrons. The Morgan fingerprint density at radius 1 is 1.19 bits per heavy atom. The third-order valence-corrected chi connectivity index (χ3v) is 8.30. The first-order chi connectivity index (χ1) is 14.8. The summed E-state index contributed by atoms with van der Waals surface area (Å²) in [6.07, 6.45) is 3.49. The van der Waals surface area contributed by atoms with E-state index in [0.29, 0.717) is 10.2 Å². The molecule has 170 valence electrons. The lowest BCUT2D eigenvalue weighted by molar-refractivity contribution is 0.101. The summed E-state index contributed by atoms with van der Waals surface area (Å²) < 4.78 is 41.6. The van der Waals surface area contributed by atoms with Gasteiger partial charge in [0.15, 0.2) is 5.82 Å². The van der Waals surface area contributed by atoms with E-state index in [0.717, 1.165) is 12.5 Å². The highest BCUT2D eigenvalue weighted by atomic mass is 79.9. The Morgan fingerprint density at radius 3 is 2.50 bits per heavy atom. The van der Waals surface area contributed by atoms with Gasteiger partial charge in [0.25, 0.3) is 15.9 Å². The molecule has 1 atom stereocenters. The lowest BCUT2D eigenvalue weighted by Crippen LogP contribution is -2.20. The molecule has 3 aromatic rings. The van der Waals surface area contributed by atoms with Gasteiger partial charge in [-0.3, -0.25) is 4.79 Å². The number of benzene rings is 1.